The molecule has 3 rings (SSSR count). The summed E-state index contributed by atoms with van der Waals surface area (Å²) in [5, 5.41) is 27.5. The molecule has 1 aromatic rings. The van der Waals surface area contributed by atoms with E-state index >= 15 is 0 Å². The number of nitrogens with zero attached hydrogens (tertiary/aromatic N) is 3. The summed E-state index contributed by atoms with van der Waals surface area (Å²) in [6.45, 7) is 5.06. The van der Waals surface area contributed by atoms with Crippen LogP contribution in [-0.2, 0) is 28.8 Å². The summed E-state index contributed by atoms with van der Waals surface area (Å²) in [5.74, 6) is -4.02. The average Bonchev–Trinajstić information content (AvgIpc) is 3.31. The van der Waals surface area contributed by atoms with Crippen molar-refractivity contribution in [3.8, 4) is 0 Å². The van der Waals surface area contributed by atoms with E-state index in [2.05, 4.69) is 20.3 Å². The SMILES string of the molecule is CCOC(=O)/C(=N\OC)c1csc(NC(=O)CSC2=C(C(=O)O)N3C(=O)[C@H]([C@@H](C)O)[C@H]3[C@H]2C)n1. The lowest BCUT2D eigenvalue weighted by Crippen LogP contribution is -2.63. The van der Waals surface area contributed by atoms with Crippen molar-refractivity contribution < 1.29 is 39.0 Å². The van der Waals surface area contributed by atoms with Gasteiger partial charge in [-0.05, 0) is 13.8 Å². The molecule has 4 atom stereocenters. The van der Waals surface area contributed by atoms with E-state index in [1.165, 1.54) is 24.3 Å². The Hall–Kier alpha value is -2.97. The fraction of sp³-hybridized carbons (Fsp3) is 0.500. The molecule has 1 aromatic heterocycles. The fourth-order valence-electron chi connectivity index (χ4n) is 3.93. The van der Waals surface area contributed by atoms with Gasteiger partial charge in [0.1, 0.15) is 18.5 Å². The van der Waals surface area contributed by atoms with Gasteiger partial charge in [-0.3, -0.25) is 9.59 Å². The van der Waals surface area contributed by atoms with Crippen molar-refractivity contribution in [3.63, 3.8) is 0 Å². The van der Waals surface area contributed by atoms with Crippen LogP contribution in [-0.4, -0.2) is 81.2 Å². The number of carboxylic acids is 1. The number of aliphatic hydroxyl groups excluding tert-OH is 1. The van der Waals surface area contributed by atoms with E-state index in [1.807, 2.05) is 0 Å². The number of esters is 1. The molecule has 2 amide bonds. The van der Waals surface area contributed by atoms with Crippen LogP contribution in [0, 0.1) is 11.8 Å². The lowest BCUT2D eigenvalue weighted by Gasteiger charge is -2.46. The predicted molar refractivity (Wildman–Crippen MR) is 123 cm³/mol. The number of aliphatic carboxylic acids is 1. The van der Waals surface area contributed by atoms with Gasteiger partial charge >= 0.3 is 11.9 Å². The van der Waals surface area contributed by atoms with Crippen LogP contribution < -0.4 is 5.32 Å². The molecule has 0 radical (unpaired) electrons. The Bertz CT molecular complexity index is 1070. The van der Waals surface area contributed by atoms with Crippen molar-refractivity contribution >= 4 is 57.7 Å². The molecule has 0 saturated carbocycles. The summed E-state index contributed by atoms with van der Waals surface area (Å²) in [7, 11) is 1.27. The number of rotatable bonds is 10. The van der Waals surface area contributed by atoms with Crippen LogP contribution in [0.1, 0.15) is 26.5 Å². The largest absolute Gasteiger partial charge is 0.477 e. The average molecular weight is 513 g/mol. The Kier molecular flexibility index (Phi) is 7.94. The summed E-state index contributed by atoms with van der Waals surface area (Å²) in [4.78, 5) is 59.2. The Morgan fingerprint density at radius 1 is 1.41 bits per heavy atom. The number of fused-ring (bicyclic) bond motifs is 1. The zero-order valence-corrected chi connectivity index (χ0v) is 20.4. The smallest absolute Gasteiger partial charge is 0.362 e. The minimum absolute atomic E-state index is 0.129. The van der Waals surface area contributed by atoms with E-state index in [4.69, 9.17) is 4.74 Å². The van der Waals surface area contributed by atoms with Crippen molar-refractivity contribution in [2.75, 3.05) is 24.8 Å². The molecular weight excluding hydrogens is 488 g/mol. The third-order valence-corrected chi connectivity index (χ3v) is 7.35. The van der Waals surface area contributed by atoms with E-state index in [0.29, 0.717) is 4.91 Å². The lowest BCUT2D eigenvalue weighted by molar-refractivity contribution is -0.163. The molecule has 34 heavy (non-hydrogen) atoms. The van der Waals surface area contributed by atoms with Gasteiger partial charge in [-0.1, -0.05) is 12.1 Å². The number of thiazole rings is 1. The van der Waals surface area contributed by atoms with E-state index in [0.717, 1.165) is 23.1 Å². The molecule has 14 heteroatoms. The van der Waals surface area contributed by atoms with Gasteiger partial charge in [0, 0.05) is 16.2 Å². The molecule has 0 aromatic carbocycles. The Morgan fingerprint density at radius 2 is 2.12 bits per heavy atom. The molecule has 12 nitrogen and oxygen atoms in total. The molecule has 3 N–H and O–H groups in total. The number of hydrogen-bond donors (Lipinski definition) is 3. The van der Waals surface area contributed by atoms with Crippen molar-refractivity contribution in [2.24, 2.45) is 17.0 Å². The van der Waals surface area contributed by atoms with Gasteiger partial charge < -0.3 is 30.0 Å². The summed E-state index contributed by atoms with van der Waals surface area (Å²) in [6, 6.07) is -0.452. The highest BCUT2D eigenvalue weighted by Gasteiger charge is 2.60. The van der Waals surface area contributed by atoms with E-state index in [9.17, 15) is 29.4 Å². The second-order valence-electron chi connectivity index (χ2n) is 7.49. The molecule has 1 saturated heterocycles. The summed E-state index contributed by atoms with van der Waals surface area (Å²) in [6.07, 6.45) is -0.904. The number of aromatic nitrogens is 1. The Balaban J connectivity index is 1.68. The second-order valence-corrected chi connectivity index (χ2v) is 9.36. The van der Waals surface area contributed by atoms with Crippen molar-refractivity contribution in [2.45, 2.75) is 32.9 Å². The van der Waals surface area contributed by atoms with Crippen LogP contribution >= 0.6 is 23.1 Å². The molecule has 2 aliphatic heterocycles. The fourth-order valence-corrected chi connectivity index (χ4v) is 5.73. The molecule has 0 spiro atoms. The number of carbonyl (C=O) groups is 4. The van der Waals surface area contributed by atoms with Crippen molar-refractivity contribution in [3.05, 3.63) is 21.7 Å². The molecule has 2 aliphatic rings. The molecular formula is C20H24N4O8S2. The number of carboxylic acid groups (broad SMARTS) is 1. The van der Waals surface area contributed by atoms with Gasteiger partial charge in [-0.25, -0.2) is 14.6 Å². The zero-order valence-electron chi connectivity index (χ0n) is 18.8. The number of anilines is 1. The quantitative estimate of drug-likeness (QED) is 0.177. The number of thioether (sulfide) groups is 1. The predicted octanol–water partition coefficient (Wildman–Crippen LogP) is 0.882. The van der Waals surface area contributed by atoms with Crippen LogP contribution in [0.25, 0.3) is 0 Å². The summed E-state index contributed by atoms with van der Waals surface area (Å²) in [5.41, 5.74) is -0.127. The van der Waals surface area contributed by atoms with Crippen LogP contribution in [0.3, 0.4) is 0 Å². The number of nitrogens with one attached hydrogen (secondary N) is 1. The molecule has 1 fully saturated rings. The van der Waals surface area contributed by atoms with Gasteiger partial charge in [-0.15, -0.1) is 23.1 Å². The van der Waals surface area contributed by atoms with Gasteiger partial charge in [0.2, 0.25) is 17.5 Å². The van der Waals surface area contributed by atoms with Gasteiger partial charge in [0.05, 0.1) is 30.4 Å². The molecule has 0 aliphatic carbocycles. The number of carbonyl (C=O) groups excluding carboxylic acids is 3. The Morgan fingerprint density at radius 3 is 2.71 bits per heavy atom. The first kappa shape index (κ1) is 25.6. The molecule has 184 valence electrons. The number of β-lactam (4-membered cyclic amide) rings is 1. The first-order chi connectivity index (χ1) is 16.1. The minimum atomic E-state index is -1.26. The number of hydrogen-bond acceptors (Lipinski definition) is 11. The maximum Gasteiger partial charge on any atom is 0.362 e. The number of oxime groups is 1. The highest BCUT2D eigenvalue weighted by Crippen LogP contribution is 2.50. The van der Waals surface area contributed by atoms with E-state index in [-0.39, 0.29) is 40.5 Å². The highest BCUT2D eigenvalue weighted by molar-refractivity contribution is 8.03. The van der Waals surface area contributed by atoms with E-state index in [1.54, 1.807) is 13.8 Å². The summed E-state index contributed by atoms with van der Waals surface area (Å²) < 4.78 is 4.92. The number of aliphatic hydroxyl groups is 1. The maximum atomic E-state index is 12.5. The monoisotopic (exact) mass is 512 g/mol. The van der Waals surface area contributed by atoms with Crippen LogP contribution in [0.5, 0.6) is 0 Å². The second kappa shape index (κ2) is 10.5. The topological polar surface area (TPSA) is 168 Å². The third-order valence-electron chi connectivity index (χ3n) is 5.31. The first-order valence-electron chi connectivity index (χ1n) is 10.3. The molecule has 0 bridgehead atoms. The van der Waals surface area contributed by atoms with Gasteiger partial charge in [0.25, 0.3) is 0 Å². The third kappa shape index (κ3) is 4.79. The highest BCUT2D eigenvalue weighted by atomic mass is 32.2. The van der Waals surface area contributed by atoms with Crippen LogP contribution in [0.2, 0.25) is 0 Å². The first-order valence-corrected chi connectivity index (χ1v) is 12.1. The normalized spacial score (nSPS) is 22.7. The van der Waals surface area contributed by atoms with Crippen LogP contribution in [0.15, 0.2) is 21.1 Å². The van der Waals surface area contributed by atoms with Gasteiger partial charge in [-0.2, -0.15) is 0 Å². The standard InChI is InChI=1S/C20H24N4O8S2/c1-5-32-19(30)13(23-31-4)10-6-34-20(21-10)22-11(26)7-33-16-8(2)14-12(9(3)25)17(27)24(14)15(16)18(28)29/h6,8-9,12,14,25H,5,7H2,1-4H3,(H,28,29)(H,21,22,26)/b23-13-/t8-,9-,12-,14-/m1/s1. The number of ether oxygens (including phenoxy) is 1. The van der Waals surface area contributed by atoms with E-state index < -0.39 is 41.8 Å². The number of amides is 2. The van der Waals surface area contributed by atoms with Crippen molar-refractivity contribution in [1.82, 2.24) is 9.88 Å². The maximum absolute atomic E-state index is 12.5. The zero-order chi connectivity index (χ0) is 25.2. The lowest BCUT2D eigenvalue weighted by atomic mass is 9.79. The Labute approximate surface area is 203 Å². The molecule has 3 heterocycles. The minimum Gasteiger partial charge on any atom is -0.477 e. The molecule has 0 unspecified atom stereocenters. The van der Waals surface area contributed by atoms with Crippen molar-refractivity contribution in [1.29, 1.82) is 0 Å². The van der Waals surface area contributed by atoms with Gasteiger partial charge in [0.15, 0.2) is 5.13 Å². The summed E-state index contributed by atoms with van der Waals surface area (Å²) >= 11 is 2.09. The van der Waals surface area contributed by atoms with Crippen LogP contribution in [0.4, 0.5) is 5.13 Å².